The average Bonchev–Trinajstić information content (AvgIpc) is 2.26. The summed E-state index contributed by atoms with van der Waals surface area (Å²) in [5.41, 5.74) is -0.128. The molecular formula is C11H8F4O2. The first-order valence-corrected chi connectivity index (χ1v) is 4.64. The molecule has 0 aliphatic rings. The van der Waals surface area contributed by atoms with Gasteiger partial charge < -0.3 is 0 Å². The van der Waals surface area contributed by atoms with E-state index in [0.29, 0.717) is 0 Å². The van der Waals surface area contributed by atoms with E-state index in [4.69, 9.17) is 0 Å². The minimum absolute atomic E-state index is 0.128. The summed E-state index contributed by atoms with van der Waals surface area (Å²) in [6.07, 6.45) is -5.05. The van der Waals surface area contributed by atoms with Crippen LogP contribution in [0.4, 0.5) is 17.6 Å². The topological polar surface area (TPSA) is 34.1 Å². The van der Waals surface area contributed by atoms with Gasteiger partial charge in [0.2, 0.25) is 5.78 Å². The maximum Gasteiger partial charge on any atom is 0.450 e. The van der Waals surface area contributed by atoms with Crippen molar-refractivity contribution in [1.82, 2.24) is 0 Å². The molecule has 0 spiro atoms. The number of rotatable bonds is 3. The Morgan fingerprint density at radius 1 is 1.12 bits per heavy atom. The van der Waals surface area contributed by atoms with Gasteiger partial charge in [0.25, 0.3) is 0 Å². The first-order chi connectivity index (χ1) is 7.73. The standard InChI is InChI=1S/C11H8F4O2/c1-6(10(17)11(13,14)15)9(16)7-2-4-8(12)5-3-7/h2-6H,1H3. The van der Waals surface area contributed by atoms with Crippen molar-refractivity contribution in [3.63, 3.8) is 0 Å². The molecule has 17 heavy (non-hydrogen) atoms. The van der Waals surface area contributed by atoms with Crippen molar-refractivity contribution in [2.24, 2.45) is 5.92 Å². The van der Waals surface area contributed by atoms with Gasteiger partial charge in [0, 0.05) is 5.56 Å². The molecule has 0 fully saturated rings. The van der Waals surface area contributed by atoms with E-state index in [1.54, 1.807) is 0 Å². The van der Waals surface area contributed by atoms with Crippen LogP contribution in [0, 0.1) is 11.7 Å². The fourth-order valence-corrected chi connectivity index (χ4v) is 1.23. The maximum atomic E-state index is 12.5. The van der Waals surface area contributed by atoms with E-state index in [0.717, 1.165) is 31.2 Å². The van der Waals surface area contributed by atoms with E-state index in [1.165, 1.54) is 0 Å². The van der Waals surface area contributed by atoms with Crippen molar-refractivity contribution in [2.45, 2.75) is 13.1 Å². The SMILES string of the molecule is CC(C(=O)c1ccc(F)cc1)C(=O)C(F)(F)F. The van der Waals surface area contributed by atoms with Crippen molar-refractivity contribution in [3.8, 4) is 0 Å². The molecule has 0 heterocycles. The molecule has 6 heteroatoms. The fraction of sp³-hybridized carbons (Fsp3) is 0.273. The van der Waals surface area contributed by atoms with Crippen molar-refractivity contribution in [2.75, 3.05) is 0 Å². The average molecular weight is 248 g/mol. The fourth-order valence-electron chi connectivity index (χ4n) is 1.23. The number of hydrogen-bond donors (Lipinski definition) is 0. The Morgan fingerprint density at radius 3 is 2.00 bits per heavy atom. The third-order valence-electron chi connectivity index (χ3n) is 2.19. The molecule has 0 amide bonds. The van der Waals surface area contributed by atoms with Gasteiger partial charge in [-0.1, -0.05) is 0 Å². The lowest BCUT2D eigenvalue weighted by Gasteiger charge is -2.11. The number of Topliss-reactive ketones (excluding diaryl/α,β-unsaturated/α-hetero) is 2. The first kappa shape index (κ1) is 13.3. The van der Waals surface area contributed by atoms with Crippen LogP contribution in [-0.4, -0.2) is 17.7 Å². The summed E-state index contributed by atoms with van der Waals surface area (Å²) in [4.78, 5) is 22.3. The lowest BCUT2D eigenvalue weighted by atomic mass is 9.95. The largest absolute Gasteiger partial charge is 0.450 e. The van der Waals surface area contributed by atoms with E-state index < -0.39 is 29.5 Å². The molecule has 0 N–H and O–H groups in total. The van der Waals surface area contributed by atoms with Crippen LogP contribution in [0.1, 0.15) is 17.3 Å². The van der Waals surface area contributed by atoms with Crippen LogP contribution < -0.4 is 0 Å². The van der Waals surface area contributed by atoms with Crippen LogP contribution in [-0.2, 0) is 4.79 Å². The number of halogens is 4. The second-order valence-electron chi connectivity index (χ2n) is 3.45. The van der Waals surface area contributed by atoms with Crippen LogP contribution in [0.3, 0.4) is 0 Å². The second-order valence-corrected chi connectivity index (χ2v) is 3.45. The molecule has 1 rings (SSSR count). The van der Waals surface area contributed by atoms with Gasteiger partial charge >= 0.3 is 6.18 Å². The van der Waals surface area contributed by atoms with Gasteiger partial charge in [0.1, 0.15) is 5.82 Å². The number of ketones is 2. The Labute approximate surface area is 94.2 Å². The number of hydrogen-bond acceptors (Lipinski definition) is 2. The van der Waals surface area contributed by atoms with E-state index in [1.807, 2.05) is 0 Å². The Bertz CT molecular complexity index is 434. The number of alkyl halides is 3. The normalized spacial score (nSPS) is 13.2. The number of carbonyl (C=O) groups excluding carboxylic acids is 2. The van der Waals surface area contributed by atoms with Gasteiger partial charge in [-0.05, 0) is 31.2 Å². The molecule has 0 radical (unpaired) electrons. The molecule has 0 aromatic heterocycles. The second kappa shape index (κ2) is 4.65. The zero-order valence-corrected chi connectivity index (χ0v) is 8.72. The summed E-state index contributed by atoms with van der Waals surface area (Å²) in [5, 5.41) is 0. The quantitative estimate of drug-likeness (QED) is 0.468. The minimum Gasteiger partial charge on any atom is -0.293 e. The number of carbonyl (C=O) groups is 2. The highest BCUT2D eigenvalue weighted by atomic mass is 19.4. The van der Waals surface area contributed by atoms with Gasteiger partial charge in [-0.15, -0.1) is 0 Å². The summed E-state index contributed by atoms with van der Waals surface area (Å²) >= 11 is 0. The molecule has 1 aromatic carbocycles. The highest BCUT2D eigenvalue weighted by molar-refractivity contribution is 6.11. The summed E-state index contributed by atoms with van der Waals surface area (Å²) in [7, 11) is 0. The third kappa shape index (κ3) is 3.12. The summed E-state index contributed by atoms with van der Waals surface area (Å²) in [6, 6.07) is 3.96. The molecule has 0 bridgehead atoms. The van der Waals surface area contributed by atoms with Crippen LogP contribution in [0.2, 0.25) is 0 Å². The van der Waals surface area contributed by atoms with Gasteiger partial charge in [-0.3, -0.25) is 9.59 Å². The molecule has 2 nitrogen and oxygen atoms in total. The molecule has 1 unspecified atom stereocenters. The molecular weight excluding hydrogens is 240 g/mol. The first-order valence-electron chi connectivity index (χ1n) is 4.64. The van der Waals surface area contributed by atoms with Crippen LogP contribution in [0.25, 0.3) is 0 Å². The molecule has 1 atom stereocenters. The number of benzene rings is 1. The predicted octanol–water partition coefficient (Wildman–Crippen LogP) is 2.78. The van der Waals surface area contributed by atoms with Gasteiger partial charge in [-0.25, -0.2) is 4.39 Å². The van der Waals surface area contributed by atoms with Gasteiger partial charge in [0.15, 0.2) is 5.78 Å². The third-order valence-corrected chi connectivity index (χ3v) is 2.19. The highest BCUT2D eigenvalue weighted by Gasteiger charge is 2.44. The molecule has 92 valence electrons. The van der Waals surface area contributed by atoms with Crippen molar-refractivity contribution < 1.29 is 27.2 Å². The van der Waals surface area contributed by atoms with Gasteiger partial charge in [-0.2, -0.15) is 13.2 Å². The Kier molecular flexibility index (Phi) is 3.65. The molecule has 1 aromatic rings. The zero-order valence-electron chi connectivity index (χ0n) is 8.72. The Hall–Kier alpha value is -1.72. The van der Waals surface area contributed by atoms with E-state index in [-0.39, 0.29) is 5.56 Å². The van der Waals surface area contributed by atoms with Crippen LogP contribution in [0.5, 0.6) is 0 Å². The summed E-state index contributed by atoms with van der Waals surface area (Å²) in [5.74, 6) is -5.52. The van der Waals surface area contributed by atoms with E-state index in [9.17, 15) is 27.2 Å². The van der Waals surface area contributed by atoms with E-state index in [2.05, 4.69) is 0 Å². The van der Waals surface area contributed by atoms with Gasteiger partial charge in [0.05, 0.1) is 5.92 Å². The molecule has 0 aliphatic carbocycles. The van der Waals surface area contributed by atoms with Crippen molar-refractivity contribution in [1.29, 1.82) is 0 Å². The summed E-state index contributed by atoms with van der Waals surface area (Å²) in [6.45, 7) is 0.877. The Balaban J connectivity index is 2.91. The maximum absolute atomic E-state index is 12.5. The minimum atomic E-state index is -5.05. The molecule has 0 aliphatic heterocycles. The monoisotopic (exact) mass is 248 g/mol. The van der Waals surface area contributed by atoms with Crippen LogP contribution in [0.15, 0.2) is 24.3 Å². The smallest absolute Gasteiger partial charge is 0.293 e. The lowest BCUT2D eigenvalue weighted by Crippen LogP contribution is -2.33. The highest BCUT2D eigenvalue weighted by Crippen LogP contribution is 2.23. The van der Waals surface area contributed by atoms with Crippen molar-refractivity contribution in [3.05, 3.63) is 35.6 Å². The van der Waals surface area contributed by atoms with Crippen molar-refractivity contribution >= 4 is 11.6 Å². The molecule has 0 saturated carbocycles. The van der Waals surface area contributed by atoms with Crippen LogP contribution >= 0.6 is 0 Å². The summed E-state index contributed by atoms with van der Waals surface area (Å²) < 4.78 is 48.8. The van der Waals surface area contributed by atoms with E-state index >= 15 is 0 Å². The molecule has 0 saturated heterocycles. The Morgan fingerprint density at radius 2 is 1.59 bits per heavy atom. The zero-order chi connectivity index (χ0) is 13.2. The lowest BCUT2D eigenvalue weighted by molar-refractivity contribution is -0.173. The predicted molar refractivity (Wildman–Crippen MR) is 51.0 cm³/mol.